The average molecular weight is 339 g/mol. The summed E-state index contributed by atoms with van der Waals surface area (Å²) in [5.41, 5.74) is 0. The molecule has 0 bridgehead atoms. The number of carbonyl (C=O) groups is 1. The first kappa shape index (κ1) is 16.2. The lowest BCUT2D eigenvalue weighted by molar-refractivity contribution is 0.164. The van der Waals surface area contributed by atoms with Gasteiger partial charge in [0, 0.05) is 38.3 Å². The Kier molecular flexibility index (Phi) is 4.56. The van der Waals surface area contributed by atoms with Crippen LogP contribution in [0.4, 0.5) is 4.79 Å². The lowest BCUT2D eigenvalue weighted by atomic mass is 10.1. The molecule has 2 aliphatic heterocycles. The summed E-state index contributed by atoms with van der Waals surface area (Å²) >= 11 is 0. The van der Waals surface area contributed by atoms with Crippen molar-refractivity contribution in [2.45, 2.75) is 23.8 Å². The van der Waals surface area contributed by atoms with Crippen molar-refractivity contribution in [3.63, 3.8) is 0 Å². The molecule has 0 spiro atoms. The van der Waals surface area contributed by atoms with Gasteiger partial charge in [0.05, 0.1) is 7.11 Å². The SMILES string of the molecule is COc1cccc([S+](=O)([O-])N2CCC(N3CCNC3=O)CC2)c1. The molecule has 3 rings (SSSR count). The van der Waals surface area contributed by atoms with Gasteiger partial charge in [0.1, 0.15) is 5.75 Å². The van der Waals surface area contributed by atoms with Gasteiger partial charge < -0.3 is 19.5 Å². The van der Waals surface area contributed by atoms with E-state index in [1.54, 1.807) is 18.2 Å². The van der Waals surface area contributed by atoms with Crippen molar-refractivity contribution >= 4 is 16.4 Å². The maximum Gasteiger partial charge on any atom is 0.317 e. The standard InChI is InChI=1S/C15H21N3O4S/c1-22-13-3-2-4-14(11-13)23(20,21)17-8-5-12(6-9-17)18-10-7-16-15(18)19/h2-4,11-12H,5-10H2,1H3,(H-,16,19,20,21). The lowest BCUT2D eigenvalue weighted by Crippen LogP contribution is -2.49. The largest absolute Gasteiger partial charge is 0.593 e. The number of amides is 2. The number of nitrogens with one attached hydrogen (secondary N) is 1. The Morgan fingerprint density at radius 3 is 2.65 bits per heavy atom. The molecule has 23 heavy (non-hydrogen) atoms. The topological polar surface area (TPSA) is 84.9 Å². The number of carbonyl (C=O) groups excluding carboxylic acids is 1. The summed E-state index contributed by atoms with van der Waals surface area (Å²) < 4.78 is 32.0. The lowest BCUT2D eigenvalue weighted by Gasteiger charge is -2.36. The highest BCUT2D eigenvalue weighted by atomic mass is 32.3. The van der Waals surface area contributed by atoms with Gasteiger partial charge in [0.2, 0.25) is 0 Å². The second-order valence-corrected chi connectivity index (χ2v) is 7.68. The van der Waals surface area contributed by atoms with E-state index >= 15 is 0 Å². The van der Waals surface area contributed by atoms with E-state index in [0.29, 0.717) is 44.8 Å². The Balaban J connectivity index is 1.68. The van der Waals surface area contributed by atoms with Gasteiger partial charge >= 0.3 is 6.03 Å². The highest BCUT2D eigenvalue weighted by Crippen LogP contribution is 2.29. The summed E-state index contributed by atoms with van der Waals surface area (Å²) in [5, 5.41) is 2.79. The van der Waals surface area contributed by atoms with Gasteiger partial charge in [-0.25, -0.2) is 4.79 Å². The Labute approximate surface area is 137 Å². The number of hydrogen-bond donors (Lipinski definition) is 1. The van der Waals surface area contributed by atoms with E-state index in [9.17, 15) is 13.6 Å². The minimum Gasteiger partial charge on any atom is -0.593 e. The van der Waals surface area contributed by atoms with E-state index in [1.165, 1.54) is 17.5 Å². The summed E-state index contributed by atoms with van der Waals surface area (Å²) in [6.45, 7) is 2.22. The van der Waals surface area contributed by atoms with E-state index < -0.39 is 10.4 Å². The van der Waals surface area contributed by atoms with Crippen LogP contribution in [0.1, 0.15) is 12.8 Å². The van der Waals surface area contributed by atoms with Crippen molar-refractivity contribution < 1.29 is 18.3 Å². The molecule has 1 aromatic carbocycles. The first-order valence-corrected chi connectivity index (χ1v) is 9.15. The number of ether oxygens (including phenoxy) is 1. The molecule has 0 radical (unpaired) electrons. The number of nitrogens with zero attached hydrogens (tertiary/aromatic N) is 2. The van der Waals surface area contributed by atoms with Crippen LogP contribution in [0.25, 0.3) is 0 Å². The fourth-order valence-corrected chi connectivity index (χ4v) is 4.64. The highest BCUT2D eigenvalue weighted by molar-refractivity contribution is 7.95. The summed E-state index contributed by atoms with van der Waals surface area (Å²) in [6.07, 6.45) is 1.33. The van der Waals surface area contributed by atoms with Crippen LogP contribution in [-0.2, 0) is 14.6 Å². The number of piperidine rings is 1. The number of urea groups is 1. The van der Waals surface area contributed by atoms with Crippen molar-refractivity contribution in [3.05, 3.63) is 24.3 Å². The summed E-state index contributed by atoms with van der Waals surface area (Å²) in [4.78, 5) is 13.8. The first-order valence-electron chi connectivity index (χ1n) is 7.71. The molecule has 1 N–H and O–H groups in total. The molecule has 2 fully saturated rings. The number of benzene rings is 1. The van der Waals surface area contributed by atoms with Crippen LogP contribution in [0.3, 0.4) is 0 Å². The van der Waals surface area contributed by atoms with E-state index in [2.05, 4.69) is 5.32 Å². The van der Waals surface area contributed by atoms with Crippen LogP contribution in [0, 0.1) is 0 Å². The molecule has 7 nitrogen and oxygen atoms in total. The maximum absolute atomic E-state index is 12.7. The number of methoxy groups -OCH3 is 1. The van der Waals surface area contributed by atoms with Crippen LogP contribution in [0.15, 0.2) is 29.2 Å². The maximum atomic E-state index is 12.7. The third-order valence-corrected chi connectivity index (χ3v) is 6.33. The molecule has 1 aromatic rings. The number of hydrogen-bond acceptors (Lipinski definition) is 4. The first-order chi connectivity index (χ1) is 11.0. The zero-order valence-corrected chi connectivity index (χ0v) is 13.9. The third kappa shape index (κ3) is 3.19. The second kappa shape index (κ2) is 6.46. The molecule has 2 amide bonds. The van der Waals surface area contributed by atoms with Gasteiger partial charge in [0.25, 0.3) is 0 Å². The Morgan fingerprint density at radius 2 is 2.04 bits per heavy atom. The van der Waals surface area contributed by atoms with Crippen LogP contribution < -0.4 is 10.1 Å². The molecule has 0 aliphatic carbocycles. The normalized spacial score (nSPS) is 22.7. The second-order valence-electron chi connectivity index (χ2n) is 5.74. The highest BCUT2D eigenvalue weighted by Gasteiger charge is 2.37. The molecular formula is C15H21N3O4S. The van der Waals surface area contributed by atoms with Gasteiger partial charge in [-0.2, -0.15) is 0 Å². The molecular weight excluding hydrogens is 318 g/mol. The smallest absolute Gasteiger partial charge is 0.317 e. The molecule has 2 heterocycles. The van der Waals surface area contributed by atoms with Crippen LogP contribution >= 0.6 is 0 Å². The number of rotatable bonds is 4. The average Bonchev–Trinajstić information content (AvgIpc) is 3.01. The quantitative estimate of drug-likeness (QED) is 0.832. The fourth-order valence-electron chi connectivity index (χ4n) is 3.14. The zero-order valence-electron chi connectivity index (χ0n) is 13.1. The van der Waals surface area contributed by atoms with Crippen molar-refractivity contribution in [2.75, 3.05) is 33.3 Å². The van der Waals surface area contributed by atoms with E-state index in [-0.39, 0.29) is 17.0 Å². The van der Waals surface area contributed by atoms with Crippen molar-refractivity contribution in [2.24, 2.45) is 0 Å². The molecule has 1 unspecified atom stereocenters. The van der Waals surface area contributed by atoms with Gasteiger partial charge in [0.15, 0.2) is 15.3 Å². The predicted octanol–water partition coefficient (Wildman–Crippen LogP) is 1.09. The zero-order chi connectivity index (χ0) is 16.4. The van der Waals surface area contributed by atoms with Gasteiger partial charge in [-0.3, -0.25) is 0 Å². The van der Waals surface area contributed by atoms with Crippen molar-refractivity contribution in [1.82, 2.24) is 14.5 Å². The molecule has 2 aliphatic rings. The van der Waals surface area contributed by atoms with Crippen LogP contribution in [0.5, 0.6) is 5.75 Å². The van der Waals surface area contributed by atoms with Crippen molar-refractivity contribution in [3.8, 4) is 5.75 Å². The van der Waals surface area contributed by atoms with E-state index in [4.69, 9.17) is 4.74 Å². The van der Waals surface area contributed by atoms with Gasteiger partial charge in [-0.15, -0.1) is 4.31 Å². The third-order valence-electron chi connectivity index (χ3n) is 4.43. The van der Waals surface area contributed by atoms with Crippen LogP contribution in [0.2, 0.25) is 0 Å². The number of sulfonamides is 1. The molecule has 1 atom stereocenters. The minimum atomic E-state index is -3.52. The van der Waals surface area contributed by atoms with E-state index in [1.807, 2.05) is 4.90 Å². The molecule has 0 aromatic heterocycles. The summed E-state index contributed by atoms with van der Waals surface area (Å²) in [5.74, 6) is 0.523. The molecule has 126 valence electrons. The Morgan fingerprint density at radius 1 is 1.30 bits per heavy atom. The summed E-state index contributed by atoms with van der Waals surface area (Å²) in [7, 11) is -2.01. The monoisotopic (exact) mass is 339 g/mol. The molecule has 0 saturated carbocycles. The predicted molar refractivity (Wildman–Crippen MR) is 84.8 cm³/mol. The Bertz CT molecular complexity index is 631. The minimum absolute atomic E-state index is 0.0425. The molecule has 8 heteroatoms. The van der Waals surface area contributed by atoms with Gasteiger partial charge in [-0.05, 0) is 25.0 Å². The van der Waals surface area contributed by atoms with E-state index in [0.717, 1.165) is 0 Å². The van der Waals surface area contributed by atoms with Gasteiger partial charge in [-0.1, -0.05) is 10.3 Å². The van der Waals surface area contributed by atoms with Crippen molar-refractivity contribution in [1.29, 1.82) is 0 Å². The fraction of sp³-hybridized carbons (Fsp3) is 0.533. The Hall–Kier alpha value is -1.64. The summed E-state index contributed by atoms with van der Waals surface area (Å²) in [6, 6.07) is 6.59. The molecule has 2 saturated heterocycles. The van der Waals surface area contributed by atoms with Crippen LogP contribution in [-0.4, -0.2) is 59.1 Å².